The monoisotopic (exact) mass is 292 g/mol. The fourth-order valence-electron chi connectivity index (χ4n) is 1.49. The van der Waals surface area contributed by atoms with Gasteiger partial charge in [0.05, 0.1) is 24.0 Å². The quantitative estimate of drug-likeness (QED) is 0.640. The summed E-state index contributed by atoms with van der Waals surface area (Å²) in [5.41, 5.74) is 0.448. The van der Waals surface area contributed by atoms with Crippen LogP contribution in [-0.4, -0.2) is 30.3 Å². The zero-order valence-electron chi connectivity index (χ0n) is 11.4. The van der Waals surface area contributed by atoms with Crippen LogP contribution in [0.5, 0.6) is 0 Å². The standard InChI is InChI=1S/C14H16N2O3S/c1-3-19-14(18)10(2)16-13(17)11-6-4-5-7-12(11)20-9-8-15/h4-7,10H,3,9H2,1-2H3,(H,16,17). The molecule has 1 unspecified atom stereocenters. The molecule has 0 heterocycles. The summed E-state index contributed by atoms with van der Waals surface area (Å²) in [5.74, 6) is -0.563. The van der Waals surface area contributed by atoms with Crippen molar-refractivity contribution in [3.05, 3.63) is 29.8 Å². The highest BCUT2D eigenvalue weighted by Crippen LogP contribution is 2.22. The Morgan fingerprint density at radius 2 is 2.15 bits per heavy atom. The summed E-state index contributed by atoms with van der Waals surface area (Å²) in [6, 6.07) is 8.27. The summed E-state index contributed by atoms with van der Waals surface area (Å²) in [4.78, 5) is 24.3. The molecule has 0 radical (unpaired) electrons. The smallest absolute Gasteiger partial charge is 0.328 e. The van der Waals surface area contributed by atoms with Crippen molar-refractivity contribution in [1.82, 2.24) is 5.32 Å². The number of hydrogen-bond acceptors (Lipinski definition) is 5. The van der Waals surface area contributed by atoms with Gasteiger partial charge in [0.25, 0.3) is 5.91 Å². The summed E-state index contributed by atoms with van der Waals surface area (Å²) in [5, 5.41) is 11.2. The molecule has 0 saturated heterocycles. The highest BCUT2D eigenvalue weighted by atomic mass is 32.2. The maximum Gasteiger partial charge on any atom is 0.328 e. The summed E-state index contributed by atoms with van der Waals surface area (Å²) >= 11 is 1.28. The first-order valence-corrected chi connectivity index (χ1v) is 7.15. The van der Waals surface area contributed by atoms with E-state index in [1.165, 1.54) is 11.8 Å². The molecule has 1 rings (SSSR count). The van der Waals surface area contributed by atoms with Gasteiger partial charge in [-0.15, -0.1) is 11.8 Å². The van der Waals surface area contributed by atoms with Crippen LogP contribution < -0.4 is 5.32 Å². The van der Waals surface area contributed by atoms with Crippen LogP contribution in [0, 0.1) is 11.3 Å². The summed E-state index contributed by atoms with van der Waals surface area (Å²) in [6.45, 7) is 3.55. The lowest BCUT2D eigenvalue weighted by Crippen LogP contribution is -2.39. The predicted molar refractivity (Wildman–Crippen MR) is 76.3 cm³/mol. The zero-order valence-corrected chi connectivity index (χ0v) is 12.2. The summed E-state index contributed by atoms with van der Waals surface area (Å²) in [6.07, 6.45) is 0. The topological polar surface area (TPSA) is 79.2 Å². The van der Waals surface area contributed by atoms with Crippen molar-refractivity contribution in [3.8, 4) is 6.07 Å². The van der Waals surface area contributed by atoms with Gasteiger partial charge in [-0.25, -0.2) is 4.79 Å². The van der Waals surface area contributed by atoms with Gasteiger partial charge < -0.3 is 10.1 Å². The molecular weight excluding hydrogens is 276 g/mol. The van der Waals surface area contributed by atoms with Gasteiger partial charge in [-0.2, -0.15) is 5.26 Å². The third-order valence-corrected chi connectivity index (χ3v) is 3.35. The van der Waals surface area contributed by atoms with E-state index in [4.69, 9.17) is 10.00 Å². The number of hydrogen-bond donors (Lipinski definition) is 1. The van der Waals surface area contributed by atoms with Gasteiger partial charge in [0.2, 0.25) is 0 Å². The van der Waals surface area contributed by atoms with Crippen molar-refractivity contribution < 1.29 is 14.3 Å². The van der Waals surface area contributed by atoms with E-state index in [9.17, 15) is 9.59 Å². The van der Waals surface area contributed by atoms with Crippen molar-refractivity contribution in [3.63, 3.8) is 0 Å². The number of ether oxygens (including phenoxy) is 1. The highest BCUT2D eigenvalue weighted by Gasteiger charge is 2.19. The Morgan fingerprint density at radius 3 is 2.80 bits per heavy atom. The fraction of sp³-hybridized carbons (Fsp3) is 0.357. The lowest BCUT2D eigenvalue weighted by atomic mass is 10.2. The number of amides is 1. The Labute approximate surface area is 122 Å². The molecule has 1 atom stereocenters. The minimum absolute atomic E-state index is 0.262. The minimum atomic E-state index is -0.712. The van der Waals surface area contributed by atoms with E-state index in [2.05, 4.69) is 5.32 Å². The van der Waals surface area contributed by atoms with E-state index >= 15 is 0 Å². The molecule has 0 aliphatic rings. The number of rotatable bonds is 6. The molecule has 1 amide bonds. The number of nitrogens with zero attached hydrogens (tertiary/aromatic N) is 1. The first-order chi connectivity index (χ1) is 9.60. The predicted octanol–water partition coefficient (Wildman–Crippen LogP) is 1.98. The number of nitriles is 1. The van der Waals surface area contributed by atoms with E-state index in [-0.39, 0.29) is 18.3 Å². The molecule has 0 bridgehead atoms. The number of esters is 1. The van der Waals surface area contributed by atoms with Crippen molar-refractivity contribution in [1.29, 1.82) is 5.26 Å². The number of thioether (sulfide) groups is 1. The Bertz CT molecular complexity index is 525. The maximum absolute atomic E-state index is 12.1. The van der Waals surface area contributed by atoms with E-state index in [1.54, 1.807) is 38.1 Å². The molecule has 106 valence electrons. The SMILES string of the molecule is CCOC(=O)C(C)NC(=O)c1ccccc1SCC#N. The van der Waals surface area contributed by atoms with Crippen LogP contribution in [-0.2, 0) is 9.53 Å². The second-order valence-corrected chi connectivity index (χ2v) is 4.91. The zero-order chi connectivity index (χ0) is 15.0. The number of carbonyl (C=O) groups is 2. The summed E-state index contributed by atoms with van der Waals surface area (Å²) < 4.78 is 4.83. The second kappa shape index (κ2) is 8.23. The van der Waals surface area contributed by atoms with Crippen LogP contribution in [0.25, 0.3) is 0 Å². The van der Waals surface area contributed by atoms with Gasteiger partial charge in [-0.1, -0.05) is 12.1 Å². The van der Waals surface area contributed by atoms with Gasteiger partial charge >= 0.3 is 5.97 Å². The average Bonchev–Trinajstić information content (AvgIpc) is 2.45. The minimum Gasteiger partial charge on any atom is -0.464 e. The maximum atomic E-state index is 12.1. The first kappa shape index (κ1) is 16.1. The molecule has 0 aromatic heterocycles. The number of nitrogens with one attached hydrogen (secondary N) is 1. The molecule has 0 saturated carbocycles. The van der Waals surface area contributed by atoms with Crippen LogP contribution >= 0.6 is 11.8 Å². The highest BCUT2D eigenvalue weighted by molar-refractivity contribution is 7.99. The van der Waals surface area contributed by atoms with Gasteiger partial charge in [0, 0.05) is 4.90 Å². The Hall–Kier alpha value is -2.00. The van der Waals surface area contributed by atoms with E-state index < -0.39 is 12.0 Å². The van der Waals surface area contributed by atoms with Crippen molar-refractivity contribution in [2.24, 2.45) is 0 Å². The molecular formula is C14H16N2O3S. The Kier molecular flexibility index (Phi) is 6.60. The first-order valence-electron chi connectivity index (χ1n) is 6.16. The van der Waals surface area contributed by atoms with E-state index in [0.717, 1.165) is 0 Å². The van der Waals surface area contributed by atoms with E-state index in [0.29, 0.717) is 10.5 Å². The lowest BCUT2D eigenvalue weighted by molar-refractivity contribution is -0.144. The van der Waals surface area contributed by atoms with Gasteiger partial charge in [-0.05, 0) is 26.0 Å². The van der Waals surface area contributed by atoms with Crippen LogP contribution in [0.2, 0.25) is 0 Å². The average molecular weight is 292 g/mol. The Morgan fingerprint density at radius 1 is 1.45 bits per heavy atom. The molecule has 1 aromatic carbocycles. The molecule has 0 spiro atoms. The van der Waals surface area contributed by atoms with Gasteiger partial charge in [0.1, 0.15) is 6.04 Å². The third-order valence-electron chi connectivity index (χ3n) is 2.41. The van der Waals surface area contributed by atoms with Gasteiger partial charge in [0.15, 0.2) is 0 Å². The van der Waals surface area contributed by atoms with Crippen LogP contribution in [0.15, 0.2) is 29.2 Å². The third kappa shape index (κ3) is 4.59. The normalized spacial score (nSPS) is 11.2. The number of carbonyl (C=O) groups excluding carboxylic acids is 2. The largest absolute Gasteiger partial charge is 0.464 e. The lowest BCUT2D eigenvalue weighted by Gasteiger charge is -2.14. The molecule has 1 N–H and O–H groups in total. The summed E-state index contributed by atoms with van der Waals surface area (Å²) in [7, 11) is 0. The Balaban J connectivity index is 2.77. The molecule has 0 aliphatic carbocycles. The van der Waals surface area contributed by atoms with E-state index in [1.807, 2.05) is 6.07 Å². The molecule has 5 nitrogen and oxygen atoms in total. The van der Waals surface area contributed by atoms with Crippen LogP contribution in [0.1, 0.15) is 24.2 Å². The molecule has 20 heavy (non-hydrogen) atoms. The van der Waals surface area contributed by atoms with Crippen molar-refractivity contribution >= 4 is 23.6 Å². The molecule has 1 aromatic rings. The van der Waals surface area contributed by atoms with Crippen LogP contribution in [0.4, 0.5) is 0 Å². The van der Waals surface area contributed by atoms with Crippen LogP contribution in [0.3, 0.4) is 0 Å². The number of benzene rings is 1. The van der Waals surface area contributed by atoms with Crippen molar-refractivity contribution in [2.45, 2.75) is 24.8 Å². The second-order valence-electron chi connectivity index (χ2n) is 3.89. The van der Waals surface area contributed by atoms with Gasteiger partial charge in [-0.3, -0.25) is 4.79 Å². The van der Waals surface area contributed by atoms with Crippen molar-refractivity contribution in [2.75, 3.05) is 12.4 Å². The molecule has 6 heteroatoms. The molecule has 0 aliphatic heterocycles. The fourth-order valence-corrected chi connectivity index (χ4v) is 2.20. The molecule has 0 fully saturated rings.